The molecule has 1 saturated heterocycles. The lowest BCUT2D eigenvalue weighted by atomic mass is 10.1. The first-order valence-electron chi connectivity index (χ1n) is 6.39. The zero-order valence-corrected chi connectivity index (χ0v) is 11.7. The number of likely N-dealkylation sites (tertiary alicyclic amines) is 1. The average molecular weight is 263 g/mol. The molecule has 1 amide bonds. The summed E-state index contributed by atoms with van der Waals surface area (Å²) in [5, 5.41) is 9.96. The van der Waals surface area contributed by atoms with E-state index in [-0.39, 0.29) is 5.91 Å². The molecular weight excluding hydrogens is 242 g/mol. The SMILES string of the molecule is CN(C)c1ccc(N)cc1C(=O)N1CCC(C)(O)C1. The first kappa shape index (κ1) is 13.7. The van der Waals surface area contributed by atoms with Crippen LogP contribution in [0.3, 0.4) is 0 Å². The van der Waals surface area contributed by atoms with Crippen LogP contribution in [0.5, 0.6) is 0 Å². The quantitative estimate of drug-likeness (QED) is 0.779. The summed E-state index contributed by atoms with van der Waals surface area (Å²) < 4.78 is 0. The first-order valence-corrected chi connectivity index (χ1v) is 6.39. The van der Waals surface area contributed by atoms with Crippen LogP contribution in [0, 0.1) is 0 Å². The molecule has 5 heteroatoms. The molecule has 0 radical (unpaired) electrons. The largest absolute Gasteiger partial charge is 0.399 e. The lowest BCUT2D eigenvalue weighted by molar-refractivity contribution is 0.0572. The van der Waals surface area contributed by atoms with Crippen LogP contribution in [0.2, 0.25) is 0 Å². The summed E-state index contributed by atoms with van der Waals surface area (Å²) in [6, 6.07) is 5.33. The van der Waals surface area contributed by atoms with Crippen molar-refractivity contribution in [3.8, 4) is 0 Å². The second kappa shape index (κ2) is 4.74. The molecule has 5 nitrogen and oxygen atoms in total. The number of nitrogens with zero attached hydrogens (tertiary/aromatic N) is 2. The van der Waals surface area contributed by atoms with Crippen molar-refractivity contribution in [2.75, 3.05) is 37.8 Å². The summed E-state index contributed by atoms with van der Waals surface area (Å²) >= 11 is 0. The molecule has 1 unspecified atom stereocenters. The smallest absolute Gasteiger partial charge is 0.256 e. The van der Waals surface area contributed by atoms with Crippen LogP contribution in [0.25, 0.3) is 0 Å². The molecule has 1 aromatic carbocycles. The number of rotatable bonds is 2. The molecule has 1 aliphatic heterocycles. The van der Waals surface area contributed by atoms with E-state index in [4.69, 9.17) is 5.73 Å². The Morgan fingerprint density at radius 1 is 1.47 bits per heavy atom. The Bertz CT molecular complexity index is 497. The van der Waals surface area contributed by atoms with Crippen molar-refractivity contribution in [1.82, 2.24) is 4.90 Å². The van der Waals surface area contributed by atoms with Crippen LogP contribution in [0.15, 0.2) is 18.2 Å². The van der Waals surface area contributed by atoms with Gasteiger partial charge in [0.05, 0.1) is 11.2 Å². The number of hydrogen-bond donors (Lipinski definition) is 2. The van der Waals surface area contributed by atoms with E-state index < -0.39 is 5.60 Å². The number of carbonyl (C=O) groups excluding carboxylic acids is 1. The van der Waals surface area contributed by atoms with Crippen molar-refractivity contribution < 1.29 is 9.90 Å². The molecule has 0 aliphatic carbocycles. The fourth-order valence-corrected chi connectivity index (χ4v) is 2.40. The number of benzene rings is 1. The third-order valence-corrected chi connectivity index (χ3v) is 3.47. The van der Waals surface area contributed by atoms with Crippen molar-refractivity contribution in [3.05, 3.63) is 23.8 Å². The van der Waals surface area contributed by atoms with Gasteiger partial charge in [-0.05, 0) is 31.5 Å². The van der Waals surface area contributed by atoms with Crippen molar-refractivity contribution in [2.24, 2.45) is 0 Å². The van der Waals surface area contributed by atoms with Gasteiger partial charge in [0, 0.05) is 38.6 Å². The molecule has 0 bridgehead atoms. The van der Waals surface area contributed by atoms with Gasteiger partial charge in [0.2, 0.25) is 0 Å². The fourth-order valence-electron chi connectivity index (χ4n) is 2.40. The van der Waals surface area contributed by atoms with E-state index in [1.807, 2.05) is 25.1 Å². The molecule has 1 fully saturated rings. The van der Waals surface area contributed by atoms with Crippen LogP contribution in [0.1, 0.15) is 23.7 Å². The molecule has 1 atom stereocenters. The lowest BCUT2D eigenvalue weighted by Crippen LogP contribution is -2.34. The summed E-state index contributed by atoms with van der Waals surface area (Å²) in [5.74, 6) is -0.0752. The van der Waals surface area contributed by atoms with Gasteiger partial charge in [0.15, 0.2) is 0 Å². The number of anilines is 2. The Morgan fingerprint density at radius 3 is 2.68 bits per heavy atom. The van der Waals surface area contributed by atoms with Crippen molar-refractivity contribution in [1.29, 1.82) is 0 Å². The van der Waals surface area contributed by atoms with Crippen LogP contribution in [-0.2, 0) is 0 Å². The molecule has 0 spiro atoms. The number of amides is 1. The van der Waals surface area contributed by atoms with Crippen molar-refractivity contribution in [3.63, 3.8) is 0 Å². The maximum Gasteiger partial charge on any atom is 0.256 e. The first-order chi connectivity index (χ1) is 8.80. The van der Waals surface area contributed by atoms with E-state index in [0.29, 0.717) is 30.8 Å². The number of aliphatic hydroxyl groups is 1. The Kier molecular flexibility index (Phi) is 3.41. The molecule has 104 valence electrons. The van der Waals surface area contributed by atoms with E-state index in [2.05, 4.69) is 0 Å². The summed E-state index contributed by atoms with van der Waals surface area (Å²) in [4.78, 5) is 16.1. The van der Waals surface area contributed by atoms with E-state index in [1.165, 1.54) is 0 Å². The van der Waals surface area contributed by atoms with Crippen LogP contribution >= 0.6 is 0 Å². The zero-order valence-electron chi connectivity index (χ0n) is 11.7. The Labute approximate surface area is 113 Å². The van der Waals surface area contributed by atoms with Crippen LogP contribution in [-0.4, -0.2) is 48.7 Å². The highest BCUT2D eigenvalue weighted by molar-refractivity contribution is 6.00. The van der Waals surface area contributed by atoms with Gasteiger partial charge in [0.1, 0.15) is 0 Å². The highest BCUT2D eigenvalue weighted by Gasteiger charge is 2.35. The van der Waals surface area contributed by atoms with E-state index in [9.17, 15) is 9.90 Å². The molecule has 2 rings (SSSR count). The van der Waals surface area contributed by atoms with E-state index >= 15 is 0 Å². The number of nitrogen functional groups attached to an aromatic ring is 1. The Morgan fingerprint density at radius 2 is 2.16 bits per heavy atom. The molecule has 1 heterocycles. The summed E-state index contributed by atoms with van der Waals surface area (Å²) in [5.41, 5.74) is 6.99. The molecule has 3 N–H and O–H groups in total. The second-order valence-electron chi connectivity index (χ2n) is 5.64. The number of nitrogens with two attached hydrogens (primary N) is 1. The lowest BCUT2D eigenvalue weighted by Gasteiger charge is -2.23. The number of hydrogen-bond acceptors (Lipinski definition) is 4. The maximum atomic E-state index is 12.5. The zero-order chi connectivity index (χ0) is 14.2. The number of carbonyl (C=O) groups is 1. The minimum absolute atomic E-state index is 0.0752. The van der Waals surface area contributed by atoms with Gasteiger partial charge in [-0.25, -0.2) is 0 Å². The van der Waals surface area contributed by atoms with Crippen LogP contribution < -0.4 is 10.6 Å². The third kappa shape index (κ3) is 2.81. The third-order valence-electron chi connectivity index (χ3n) is 3.47. The van der Waals surface area contributed by atoms with Gasteiger partial charge in [-0.3, -0.25) is 4.79 Å². The standard InChI is InChI=1S/C14H21N3O2/c1-14(19)6-7-17(9-14)13(18)11-8-10(15)4-5-12(11)16(2)3/h4-5,8,19H,6-7,9,15H2,1-3H3. The van der Waals surface area contributed by atoms with Gasteiger partial charge >= 0.3 is 0 Å². The second-order valence-corrected chi connectivity index (χ2v) is 5.64. The number of β-amino-alcohol motifs (C(OH)–C–C–N with tert-alkyl or cyclic N) is 1. The van der Waals surface area contributed by atoms with E-state index in [1.54, 1.807) is 24.0 Å². The molecule has 0 aromatic heterocycles. The minimum Gasteiger partial charge on any atom is -0.399 e. The summed E-state index contributed by atoms with van der Waals surface area (Å²) in [7, 11) is 3.78. The average Bonchev–Trinajstić information content (AvgIpc) is 2.68. The molecule has 0 saturated carbocycles. The summed E-state index contributed by atoms with van der Waals surface area (Å²) in [6.45, 7) is 2.70. The van der Waals surface area contributed by atoms with Gasteiger partial charge in [0.25, 0.3) is 5.91 Å². The monoisotopic (exact) mass is 263 g/mol. The highest BCUT2D eigenvalue weighted by atomic mass is 16.3. The molecule has 1 aliphatic rings. The van der Waals surface area contributed by atoms with Gasteiger partial charge in [-0.1, -0.05) is 0 Å². The van der Waals surface area contributed by atoms with Crippen LogP contribution in [0.4, 0.5) is 11.4 Å². The predicted octanol–water partition coefficient (Wildman–Crippen LogP) is 0.932. The fraction of sp³-hybridized carbons (Fsp3) is 0.500. The topological polar surface area (TPSA) is 69.8 Å². The van der Waals surface area contributed by atoms with Gasteiger partial charge in [-0.15, -0.1) is 0 Å². The normalized spacial score (nSPS) is 22.6. The maximum absolute atomic E-state index is 12.5. The van der Waals surface area contributed by atoms with Gasteiger partial charge < -0.3 is 20.6 Å². The van der Waals surface area contributed by atoms with Gasteiger partial charge in [-0.2, -0.15) is 0 Å². The Balaban J connectivity index is 2.31. The molecule has 19 heavy (non-hydrogen) atoms. The van der Waals surface area contributed by atoms with Crippen molar-refractivity contribution >= 4 is 17.3 Å². The highest BCUT2D eigenvalue weighted by Crippen LogP contribution is 2.27. The molecular formula is C14H21N3O2. The van der Waals surface area contributed by atoms with Crippen molar-refractivity contribution in [2.45, 2.75) is 18.9 Å². The Hall–Kier alpha value is -1.75. The molecule has 1 aromatic rings. The summed E-state index contributed by atoms with van der Waals surface area (Å²) in [6.07, 6.45) is 0.609. The van der Waals surface area contributed by atoms with E-state index in [0.717, 1.165) is 5.69 Å². The minimum atomic E-state index is -0.783. The predicted molar refractivity (Wildman–Crippen MR) is 76.3 cm³/mol.